The molecule has 0 saturated heterocycles. The minimum absolute atomic E-state index is 0.789. The summed E-state index contributed by atoms with van der Waals surface area (Å²) < 4.78 is 6.35. The molecule has 1 aromatic heterocycles. The van der Waals surface area contributed by atoms with E-state index in [0.29, 0.717) is 0 Å². The lowest BCUT2D eigenvalue weighted by atomic mass is 10.4. The number of pyridine rings is 1. The first-order valence-corrected chi connectivity index (χ1v) is 4.89. The topological polar surface area (TPSA) is 22.1 Å². The molecule has 12 heavy (non-hydrogen) atoms. The van der Waals surface area contributed by atoms with Crippen LogP contribution in [0.3, 0.4) is 0 Å². The molecule has 0 aliphatic heterocycles. The number of halogens is 1. The van der Waals surface area contributed by atoms with Crippen LogP contribution < -0.4 is 4.74 Å². The van der Waals surface area contributed by atoms with Crippen molar-refractivity contribution in [3.63, 3.8) is 0 Å². The second-order valence-corrected chi connectivity index (χ2v) is 3.80. The molecule has 0 spiro atoms. The van der Waals surface area contributed by atoms with Crippen molar-refractivity contribution >= 4 is 15.9 Å². The molecule has 2 nitrogen and oxygen atoms in total. The van der Waals surface area contributed by atoms with Crippen LogP contribution in [0.1, 0.15) is 12.8 Å². The first-order chi connectivity index (χ1) is 5.86. The number of ether oxygens (including phenoxy) is 1. The van der Waals surface area contributed by atoms with Gasteiger partial charge in [0.15, 0.2) is 5.75 Å². The van der Waals surface area contributed by atoms with E-state index in [2.05, 4.69) is 20.9 Å². The minimum Gasteiger partial charge on any atom is -0.490 e. The van der Waals surface area contributed by atoms with E-state index < -0.39 is 0 Å². The summed E-state index contributed by atoms with van der Waals surface area (Å²) in [5, 5.41) is 0. The van der Waals surface area contributed by atoms with Gasteiger partial charge in [-0.2, -0.15) is 0 Å². The third kappa shape index (κ3) is 1.97. The van der Waals surface area contributed by atoms with Crippen molar-refractivity contribution in [3.8, 4) is 5.75 Å². The Morgan fingerprint density at radius 2 is 2.42 bits per heavy atom. The van der Waals surface area contributed by atoms with Gasteiger partial charge in [-0.05, 0) is 46.8 Å². The second kappa shape index (κ2) is 3.44. The molecule has 1 saturated carbocycles. The quantitative estimate of drug-likeness (QED) is 0.742. The molecule has 0 aromatic carbocycles. The van der Waals surface area contributed by atoms with Gasteiger partial charge in [0.2, 0.25) is 0 Å². The maximum absolute atomic E-state index is 5.55. The maximum Gasteiger partial charge on any atom is 0.152 e. The van der Waals surface area contributed by atoms with Crippen molar-refractivity contribution in [1.82, 2.24) is 4.98 Å². The van der Waals surface area contributed by atoms with Gasteiger partial charge in [-0.3, -0.25) is 0 Å². The number of hydrogen-bond donors (Lipinski definition) is 0. The Balaban J connectivity index is 1.96. The predicted octanol–water partition coefficient (Wildman–Crippen LogP) is 2.63. The van der Waals surface area contributed by atoms with Crippen LogP contribution in [-0.4, -0.2) is 11.6 Å². The van der Waals surface area contributed by atoms with Crippen LogP contribution >= 0.6 is 15.9 Å². The highest BCUT2D eigenvalue weighted by Gasteiger charge is 2.22. The van der Waals surface area contributed by atoms with E-state index in [1.807, 2.05) is 12.1 Å². The first-order valence-electron chi connectivity index (χ1n) is 4.09. The van der Waals surface area contributed by atoms with Gasteiger partial charge in [-0.15, -0.1) is 0 Å². The molecule has 1 aliphatic rings. The Kier molecular flexibility index (Phi) is 2.30. The molecule has 1 aliphatic carbocycles. The molecule has 1 aromatic rings. The van der Waals surface area contributed by atoms with Crippen LogP contribution in [-0.2, 0) is 0 Å². The van der Waals surface area contributed by atoms with Crippen LogP contribution in [0.25, 0.3) is 0 Å². The van der Waals surface area contributed by atoms with E-state index in [1.165, 1.54) is 12.8 Å². The lowest BCUT2D eigenvalue weighted by molar-refractivity contribution is 0.296. The summed E-state index contributed by atoms with van der Waals surface area (Å²) in [5.74, 6) is 1.64. The van der Waals surface area contributed by atoms with Crippen molar-refractivity contribution in [2.45, 2.75) is 12.8 Å². The zero-order chi connectivity index (χ0) is 8.39. The molecular formula is C9H10BrNO. The van der Waals surface area contributed by atoms with E-state index in [4.69, 9.17) is 4.74 Å². The lowest BCUT2D eigenvalue weighted by Gasteiger charge is -2.05. The second-order valence-electron chi connectivity index (χ2n) is 3.05. The van der Waals surface area contributed by atoms with Gasteiger partial charge in [0.05, 0.1) is 6.61 Å². The fourth-order valence-corrected chi connectivity index (χ4v) is 1.34. The molecule has 0 atom stereocenters. The van der Waals surface area contributed by atoms with Gasteiger partial charge < -0.3 is 4.74 Å². The number of nitrogens with zero attached hydrogens (tertiary/aromatic N) is 1. The Bertz CT molecular complexity index is 273. The van der Waals surface area contributed by atoms with Gasteiger partial charge >= 0.3 is 0 Å². The fraction of sp³-hybridized carbons (Fsp3) is 0.444. The van der Waals surface area contributed by atoms with Gasteiger partial charge in [0, 0.05) is 6.20 Å². The molecular weight excluding hydrogens is 218 g/mol. The van der Waals surface area contributed by atoms with E-state index in [-0.39, 0.29) is 0 Å². The van der Waals surface area contributed by atoms with Crippen LogP contribution in [0.15, 0.2) is 22.9 Å². The van der Waals surface area contributed by atoms with E-state index in [1.54, 1.807) is 6.20 Å². The summed E-state index contributed by atoms with van der Waals surface area (Å²) in [7, 11) is 0. The van der Waals surface area contributed by atoms with Crippen molar-refractivity contribution in [2.24, 2.45) is 5.92 Å². The van der Waals surface area contributed by atoms with Crippen molar-refractivity contribution < 1.29 is 4.74 Å². The van der Waals surface area contributed by atoms with E-state index in [0.717, 1.165) is 22.9 Å². The monoisotopic (exact) mass is 227 g/mol. The highest BCUT2D eigenvalue weighted by Crippen LogP contribution is 2.30. The third-order valence-corrected chi connectivity index (χ3v) is 2.49. The molecule has 0 unspecified atom stereocenters. The molecule has 0 N–H and O–H groups in total. The van der Waals surface area contributed by atoms with Crippen LogP contribution in [0.5, 0.6) is 5.75 Å². The Hall–Kier alpha value is -0.570. The van der Waals surface area contributed by atoms with Gasteiger partial charge in [0.25, 0.3) is 0 Å². The molecule has 1 fully saturated rings. The molecule has 2 rings (SSSR count). The average Bonchev–Trinajstić information content (AvgIpc) is 2.86. The van der Waals surface area contributed by atoms with Gasteiger partial charge in [-0.1, -0.05) is 0 Å². The van der Waals surface area contributed by atoms with Crippen LogP contribution in [0.4, 0.5) is 0 Å². The Labute approximate surface area is 80.1 Å². The molecule has 1 heterocycles. The normalized spacial score (nSPS) is 16.1. The first kappa shape index (κ1) is 8.05. The SMILES string of the molecule is Brc1ncccc1OCC1CC1. The Morgan fingerprint density at radius 1 is 1.58 bits per heavy atom. The maximum atomic E-state index is 5.55. The van der Waals surface area contributed by atoms with Crippen molar-refractivity contribution in [3.05, 3.63) is 22.9 Å². The Morgan fingerprint density at radius 3 is 3.08 bits per heavy atom. The highest BCUT2D eigenvalue weighted by molar-refractivity contribution is 9.10. The largest absolute Gasteiger partial charge is 0.490 e. The average molecular weight is 228 g/mol. The highest BCUT2D eigenvalue weighted by atomic mass is 79.9. The van der Waals surface area contributed by atoms with Crippen LogP contribution in [0, 0.1) is 5.92 Å². The summed E-state index contributed by atoms with van der Waals surface area (Å²) >= 11 is 3.33. The zero-order valence-electron chi connectivity index (χ0n) is 6.66. The summed E-state index contributed by atoms with van der Waals surface area (Å²) in [4.78, 5) is 4.07. The summed E-state index contributed by atoms with van der Waals surface area (Å²) in [6.07, 6.45) is 4.38. The number of hydrogen-bond acceptors (Lipinski definition) is 2. The number of aromatic nitrogens is 1. The molecule has 0 bridgehead atoms. The van der Waals surface area contributed by atoms with Gasteiger partial charge in [-0.25, -0.2) is 4.98 Å². The summed E-state index contributed by atoms with van der Waals surface area (Å²) in [6, 6.07) is 3.81. The van der Waals surface area contributed by atoms with Crippen molar-refractivity contribution in [2.75, 3.05) is 6.61 Å². The molecule has 3 heteroatoms. The molecule has 64 valence electrons. The summed E-state index contributed by atoms with van der Waals surface area (Å²) in [6.45, 7) is 0.838. The van der Waals surface area contributed by atoms with Crippen molar-refractivity contribution in [1.29, 1.82) is 0 Å². The smallest absolute Gasteiger partial charge is 0.152 e. The zero-order valence-corrected chi connectivity index (χ0v) is 8.25. The van der Waals surface area contributed by atoms with Crippen LogP contribution in [0.2, 0.25) is 0 Å². The van der Waals surface area contributed by atoms with Gasteiger partial charge in [0.1, 0.15) is 4.60 Å². The fourth-order valence-electron chi connectivity index (χ4n) is 0.971. The standard InChI is InChI=1S/C9H10BrNO/c10-9-8(2-1-5-11-9)12-6-7-3-4-7/h1-2,5,7H,3-4,6H2. The van der Waals surface area contributed by atoms with E-state index >= 15 is 0 Å². The molecule has 0 amide bonds. The summed E-state index contributed by atoms with van der Waals surface area (Å²) in [5.41, 5.74) is 0. The lowest BCUT2D eigenvalue weighted by Crippen LogP contribution is -1.99. The number of rotatable bonds is 3. The third-order valence-electron chi connectivity index (χ3n) is 1.90. The molecule has 0 radical (unpaired) electrons. The predicted molar refractivity (Wildman–Crippen MR) is 50.2 cm³/mol. The van der Waals surface area contributed by atoms with E-state index in [9.17, 15) is 0 Å². The minimum atomic E-state index is 0.789.